The summed E-state index contributed by atoms with van der Waals surface area (Å²) in [4.78, 5) is 9.82. The predicted molar refractivity (Wildman–Crippen MR) is 48.2 cm³/mol. The second-order valence-corrected chi connectivity index (χ2v) is 3.12. The number of nitrogens with zero attached hydrogens (tertiary/aromatic N) is 2. The third-order valence-electron chi connectivity index (χ3n) is 2.06. The molecule has 0 bridgehead atoms. The molecule has 12 heavy (non-hydrogen) atoms. The molecule has 1 aliphatic heterocycles. The van der Waals surface area contributed by atoms with Crippen LogP contribution < -0.4 is 10.7 Å². The molecule has 2 rings (SSSR count). The lowest BCUT2D eigenvalue weighted by Gasteiger charge is -2.13. The summed E-state index contributed by atoms with van der Waals surface area (Å²) in [5.41, 5.74) is 0. The number of hydrogen-bond acceptors (Lipinski definition) is 2. The molecule has 2 heterocycles. The highest BCUT2D eigenvalue weighted by atomic mass is 15.1. The molecular weight excluding hydrogens is 150 g/mol. The summed E-state index contributed by atoms with van der Waals surface area (Å²) in [6, 6.07) is 2.02. The SMILES string of the molecule is CN1/C=c2/[nH]ccc2=NCCC1. The van der Waals surface area contributed by atoms with Gasteiger partial charge in [-0.05, 0) is 12.5 Å². The van der Waals surface area contributed by atoms with Gasteiger partial charge < -0.3 is 9.88 Å². The van der Waals surface area contributed by atoms with E-state index in [0.29, 0.717) is 0 Å². The van der Waals surface area contributed by atoms with E-state index in [-0.39, 0.29) is 0 Å². The average Bonchev–Trinajstić information content (AvgIpc) is 2.42. The Morgan fingerprint density at radius 2 is 2.50 bits per heavy atom. The molecule has 3 nitrogen and oxygen atoms in total. The molecule has 0 saturated heterocycles. The summed E-state index contributed by atoms with van der Waals surface area (Å²) in [5.74, 6) is 0. The number of hydrogen-bond donors (Lipinski definition) is 1. The minimum atomic E-state index is 0.934. The Bertz CT molecular complexity index is 363. The Morgan fingerprint density at radius 1 is 1.58 bits per heavy atom. The van der Waals surface area contributed by atoms with Crippen LogP contribution in [-0.4, -0.2) is 30.0 Å². The smallest absolute Gasteiger partial charge is 0.0838 e. The Labute approximate surface area is 71.4 Å². The van der Waals surface area contributed by atoms with Crippen LogP contribution in [-0.2, 0) is 0 Å². The summed E-state index contributed by atoms with van der Waals surface area (Å²) >= 11 is 0. The maximum absolute atomic E-state index is 4.45. The van der Waals surface area contributed by atoms with Gasteiger partial charge in [-0.1, -0.05) is 0 Å². The van der Waals surface area contributed by atoms with E-state index in [1.54, 1.807) is 0 Å². The quantitative estimate of drug-likeness (QED) is 0.560. The topological polar surface area (TPSA) is 31.4 Å². The van der Waals surface area contributed by atoms with Gasteiger partial charge in [0.15, 0.2) is 0 Å². The molecule has 0 aliphatic carbocycles. The minimum absolute atomic E-state index is 0.934. The molecule has 0 unspecified atom stereocenters. The number of H-pyrrole nitrogens is 1. The van der Waals surface area contributed by atoms with Crippen molar-refractivity contribution in [2.45, 2.75) is 6.42 Å². The van der Waals surface area contributed by atoms with E-state index in [4.69, 9.17) is 0 Å². The fourth-order valence-electron chi connectivity index (χ4n) is 1.42. The van der Waals surface area contributed by atoms with Crippen LogP contribution in [0.2, 0.25) is 0 Å². The molecule has 64 valence electrons. The van der Waals surface area contributed by atoms with E-state index in [0.717, 1.165) is 30.2 Å². The van der Waals surface area contributed by atoms with E-state index >= 15 is 0 Å². The summed E-state index contributed by atoms with van der Waals surface area (Å²) in [7, 11) is 2.09. The largest absolute Gasteiger partial charge is 0.379 e. The first-order valence-electron chi connectivity index (χ1n) is 4.26. The minimum Gasteiger partial charge on any atom is -0.379 e. The lowest BCUT2D eigenvalue weighted by Crippen LogP contribution is -2.30. The third kappa shape index (κ3) is 1.35. The molecule has 1 N–H and O–H groups in total. The first kappa shape index (κ1) is 7.40. The van der Waals surface area contributed by atoms with Gasteiger partial charge in [0, 0.05) is 32.5 Å². The van der Waals surface area contributed by atoms with Gasteiger partial charge in [-0.2, -0.15) is 0 Å². The van der Waals surface area contributed by atoms with Crippen LogP contribution in [0.3, 0.4) is 0 Å². The summed E-state index contributed by atoms with van der Waals surface area (Å²) < 4.78 is 0. The van der Waals surface area contributed by atoms with Crippen LogP contribution in [0, 0.1) is 0 Å². The lowest BCUT2D eigenvalue weighted by molar-refractivity contribution is 0.479. The second-order valence-electron chi connectivity index (χ2n) is 3.12. The first-order valence-corrected chi connectivity index (χ1v) is 4.26. The molecular formula is C9H13N3. The number of rotatable bonds is 0. The number of nitrogens with one attached hydrogen (secondary N) is 1. The van der Waals surface area contributed by atoms with Gasteiger partial charge in [0.1, 0.15) is 0 Å². The van der Waals surface area contributed by atoms with Crippen LogP contribution in [0.1, 0.15) is 6.42 Å². The van der Waals surface area contributed by atoms with Gasteiger partial charge in [-0.3, -0.25) is 4.99 Å². The van der Waals surface area contributed by atoms with Crippen molar-refractivity contribution in [3.8, 4) is 0 Å². The normalized spacial score (nSPS) is 19.8. The van der Waals surface area contributed by atoms with Crippen LogP contribution >= 0.6 is 0 Å². The van der Waals surface area contributed by atoms with Crippen LogP contribution in [0.4, 0.5) is 0 Å². The summed E-state index contributed by atoms with van der Waals surface area (Å²) in [6.07, 6.45) is 5.18. The van der Waals surface area contributed by atoms with Gasteiger partial charge in [0.05, 0.1) is 10.7 Å². The van der Waals surface area contributed by atoms with Crippen molar-refractivity contribution in [1.29, 1.82) is 0 Å². The molecule has 0 aromatic carbocycles. The molecule has 0 amide bonds. The van der Waals surface area contributed by atoms with Crippen molar-refractivity contribution in [2.24, 2.45) is 4.99 Å². The highest BCUT2D eigenvalue weighted by Gasteiger charge is 1.96. The van der Waals surface area contributed by atoms with Crippen molar-refractivity contribution < 1.29 is 0 Å². The number of aromatic amines is 1. The average molecular weight is 163 g/mol. The fraction of sp³-hybridized carbons (Fsp3) is 0.444. The molecule has 3 heteroatoms. The van der Waals surface area contributed by atoms with E-state index in [1.807, 2.05) is 12.3 Å². The molecule has 0 spiro atoms. The number of fused-ring (bicyclic) bond motifs is 1. The van der Waals surface area contributed by atoms with Crippen LogP contribution in [0.5, 0.6) is 0 Å². The van der Waals surface area contributed by atoms with Gasteiger partial charge >= 0.3 is 0 Å². The summed E-state index contributed by atoms with van der Waals surface area (Å²) in [6.45, 7) is 2.02. The highest BCUT2D eigenvalue weighted by molar-refractivity contribution is 5.17. The third-order valence-corrected chi connectivity index (χ3v) is 2.06. The Hall–Kier alpha value is -1.25. The van der Waals surface area contributed by atoms with E-state index in [1.165, 1.54) is 0 Å². The van der Waals surface area contributed by atoms with E-state index < -0.39 is 0 Å². The zero-order chi connectivity index (χ0) is 8.39. The second kappa shape index (κ2) is 3.01. The zero-order valence-electron chi connectivity index (χ0n) is 7.25. The standard InChI is InChI=1S/C9H13N3/c1-12-6-2-4-10-8-3-5-11-9(8)7-12/h3,5,7,11H,2,4,6H2,1H3/b9-7+,10-8?. The van der Waals surface area contributed by atoms with Crippen molar-refractivity contribution in [3.63, 3.8) is 0 Å². The maximum Gasteiger partial charge on any atom is 0.0838 e. The monoisotopic (exact) mass is 163 g/mol. The van der Waals surface area contributed by atoms with Crippen molar-refractivity contribution >= 4 is 6.20 Å². The van der Waals surface area contributed by atoms with Crippen molar-refractivity contribution in [3.05, 3.63) is 23.0 Å². The maximum atomic E-state index is 4.45. The lowest BCUT2D eigenvalue weighted by atomic mass is 10.3. The van der Waals surface area contributed by atoms with Crippen LogP contribution in [0.15, 0.2) is 17.3 Å². The van der Waals surface area contributed by atoms with E-state index in [9.17, 15) is 0 Å². The molecule has 0 saturated carbocycles. The van der Waals surface area contributed by atoms with Gasteiger partial charge in [0.25, 0.3) is 0 Å². The Kier molecular flexibility index (Phi) is 1.86. The highest BCUT2D eigenvalue weighted by Crippen LogP contribution is 1.89. The van der Waals surface area contributed by atoms with Crippen molar-refractivity contribution in [1.82, 2.24) is 9.88 Å². The van der Waals surface area contributed by atoms with Gasteiger partial charge in [0.2, 0.25) is 0 Å². The zero-order valence-corrected chi connectivity index (χ0v) is 7.25. The Balaban J connectivity index is 2.56. The van der Waals surface area contributed by atoms with Gasteiger partial charge in [-0.15, -0.1) is 0 Å². The molecule has 1 aromatic rings. The van der Waals surface area contributed by atoms with Crippen molar-refractivity contribution in [2.75, 3.05) is 20.1 Å². The van der Waals surface area contributed by atoms with E-state index in [2.05, 4.69) is 28.1 Å². The Morgan fingerprint density at radius 3 is 3.42 bits per heavy atom. The molecule has 0 atom stereocenters. The summed E-state index contributed by atoms with van der Waals surface area (Å²) in [5, 5.41) is 2.21. The molecule has 0 radical (unpaired) electrons. The molecule has 1 aliphatic rings. The first-order chi connectivity index (χ1) is 5.86. The molecule has 1 aromatic heterocycles. The van der Waals surface area contributed by atoms with Crippen LogP contribution in [0.25, 0.3) is 6.20 Å². The predicted octanol–water partition coefficient (Wildman–Crippen LogP) is -0.292. The fourth-order valence-corrected chi connectivity index (χ4v) is 1.42. The van der Waals surface area contributed by atoms with Gasteiger partial charge in [-0.25, -0.2) is 0 Å². The molecule has 0 fully saturated rings. The number of aromatic nitrogens is 1.